The number of hydrogen-bond acceptors (Lipinski definition) is 2. The molecule has 0 unspecified atom stereocenters. The molecule has 3 nitrogen and oxygen atoms in total. The highest BCUT2D eigenvalue weighted by Gasteiger charge is 2.03. The first-order valence-corrected chi connectivity index (χ1v) is 5.35. The maximum atomic E-state index is 10.4. The Hall–Kier alpha value is -2.29. The summed E-state index contributed by atoms with van der Waals surface area (Å²) in [5.41, 5.74) is 3.04. The van der Waals surface area contributed by atoms with Crippen LogP contribution in [0.5, 0.6) is 0 Å². The van der Waals surface area contributed by atoms with E-state index >= 15 is 0 Å². The molecule has 0 radical (unpaired) electrons. The molecule has 0 saturated heterocycles. The van der Waals surface area contributed by atoms with Gasteiger partial charge in [-0.05, 0) is 16.7 Å². The van der Waals surface area contributed by atoms with E-state index in [1.54, 1.807) is 0 Å². The molecule has 0 bridgehead atoms. The summed E-state index contributed by atoms with van der Waals surface area (Å²) >= 11 is 0. The van der Waals surface area contributed by atoms with Crippen molar-refractivity contribution in [3.63, 3.8) is 0 Å². The van der Waals surface area contributed by atoms with Crippen LogP contribution in [0.2, 0.25) is 0 Å². The van der Waals surface area contributed by atoms with Crippen LogP contribution in [-0.4, -0.2) is 6.09 Å². The number of amides is 1. The van der Waals surface area contributed by atoms with E-state index in [1.165, 1.54) is 0 Å². The molecule has 1 amide bonds. The molecule has 0 atom stereocenters. The molecular formula is C14H12NO2-. The van der Waals surface area contributed by atoms with E-state index in [4.69, 9.17) is 0 Å². The number of benzene rings is 2. The van der Waals surface area contributed by atoms with Crippen LogP contribution in [0.25, 0.3) is 11.1 Å². The quantitative estimate of drug-likeness (QED) is 0.867. The Bertz CT molecular complexity index is 509. The Labute approximate surface area is 99.7 Å². The largest absolute Gasteiger partial charge is 0.530 e. The maximum absolute atomic E-state index is 10.4. The topological polar surface area (TPSA) is 52.2 Å². The molecule has 2 aromatic rings. The van der Waals surface area contributed by atoms with Gasteiger partial charge in [0.15, 0.2) is 0 Å². The fourth-order valence-electron chi connectivity index (χ4n) is 1.74. The van der Waals surface area contributed by atoms with Crippen LogP contribution < -0.4 is 10.4 Å². The van der Waals surface area contributed by atoms with Crippen molar-refractivity contribution in [3.8, 4) is 11.1 Å². The zero-order valence-corrected chi connectivity index (χ0v) is 9.22. The third-order valence-electron chi connectivity index (χ3n) is 2.53. The number of hydrogen-bond donors (Lipinski definition) is 1. The van der Waals surface area contributed by atoms with Gasteiger partial charge in [0.25, 0.3) is 0 Å². The van der Waals surface area contributed by atoms with Crippen LogP contribution >= 0.6 is 0 Å². The number of carbonyl (C=O) groups excluding carboxylic acids is 1. The van der Waals surface area contributed by atoms with Gasteiger partial charge in [0, 0.05) is 6.54 Å². The Morgan fingerprint density at radius 3 is 2.35 bits per heavy atom. The van der Waals surface area contributed by atoms with E-state index in [1.807, 2.05) is 54.6 Å². The number of rotatable bonds is 3. The Morgan fingerprint density at radius 2 is 1.65 bits per heavy atom. The van der Waals surface area contributed by atoms with E-state index in [0.29, 0.717) is 0 Å². The van der Waals surface area contributed by atoms with Gasteiger partial charge in [-0.3, -0.25) is 0 Å². The fraction of sp³-hybridized carbons (Fsp3) is 0.0714. The summed E-state index contributed by atoms with van der Waals surface area (Å²) in [5.74, 6) is 0. The Balaban J connectivity index is 2.31. The second-order valence-electron chi connectivity index (χ2n) is 3.66. The number of nitrogens with one attached hydrogen (secondary N) is 1. The third-order valence-corrected chi connectivity index (χ3v) is 2.53. The molecule has 0 aliphatic carbocycles. The van der Waals surface area contributed by atoms with Gasteiger partial charge in [-0.15, -0.1) is 0 Å². The predicted molar refractivity (Wildman–Crippen MR) is 64.1 cm³/mol. The molecule has 0 aliphatic heterocycles. The smallest absolute Gasteiger partial charge is 0.134 e. The van der Waals surface area contributed by atoms with Crippen molar-refractivity contribution in [3.05, 3.63) is 60.2 Å². The lowest BCUT2D eigenvalue weighted by molar-refractivity contribution is -0.251. The molecule has 0 saturated carbocycles. The number of carboxylic acid groups (broad SMARTS) is 1. The molecule has 2 aromatic carbocycles. The highest BCUT2D eigenvalue weighted by atomic mass is 16.4. The standard InChI is InChI=1S/C14H13NO2/c16-14(17)15-10-12-8-4-5-9-13(12)11-6-2-1-3-7-11/h1-9,15H,10H2,(H,16,17)/p-1. The SMILES string of the molecule is O=C([O-])NCc1ccccc1-c1ccccc1. The first kappa shape index (κ1) is 11.2. The van der Waals surface area contributed by atoms with Crippen molar-refractivity contribution >= 4 is 6.09 Å². The zero-order chi connectivity index (χ0) is 12.1. The van der Waals surface area contributed by atoms with Crippen LogP contribution in [-0.2, 0) is 6.54 Å². The lowest BCUT2D eigenvalue weighted by Crippen LogP contribution is -2.35. The van der Waals surface area contributed by atoms with E-state index in [2.05, 4.69) is 5.32 Å². The Morgan fingerprint density at radius 1 is 1.00 bits per heavy atom. The van der Waals surface area contributed by atoms with Gasteiger partial charge in [0.1, 0.15) is 6.09 Å². The highest BCUT2D eigenvalue weighted by Crippen LogP contribution is 2.22. The molecule has 0 aromatic heterocycles. The van der Waals surface area contributed by atoms with Gasteiger partial charge in [0.2, 0.25) is 0 Å². The first-order chi connectivity index (χ1) is 8.27. The summed E-state index contributed by atoms with van der Waals surface area (Å²) < 4.78 is 0. The summed E-state index contributed by atoms with van der Waals surface area (Å²) in [7, 11) is 0. The maximum Gasteiger partial charge on any atom is 0.134 e. The third kappa shape index (κ3) is 2.84. The molecule has 0 spiro atoms. The summed E-state index contributed by atoms with van der Waals surface area (Å²) in [6.45, 7) is 0.257. The molecule has 0 heterocycles. The second-order valence-corrected chi connectivity index (χ2v) is 3.66. The van der Waals surface area contributed by atoms with Crippen LogP contribution in [0.3, 0.4) is 0 Å². The molecule has 3 heteroatoms. The van der Waals surface area contributed by atoms with E-state index in [-0.39, 0.29) is 6.54 Å². The van der Waals surface area contributed by atoms with Gasteiger partial charge in [-0.2, -0.15) is 0 Å². The van der Waals surface area contributed by atoms with E-state index in [9.17, 15) is 9.90 Å². The van der Waals surface area contributed by atoms with Crippen molar-refractivity contribution in [1.82, 2.24) is 5.32 Å². The molecule has 17 heavy (non-hydrogen) atoms. The molecule has 0 aliphatic rings. The summed E-state index contributed by atoms with van der Waals surface area (Å²) in [5, 5.41) is 12.7. The van der Waals surface area contributed by atoms with E-state index in [0.717, 1.165) is 16.7 Å². The van der Waals surface area contributed by atoms with Gasteiger partial charge in [-0.25, -0.2) is 0 Å². The van der Waals surface area contributed by atoms with Crippen molar-refractivity contribution < 1.29 is 9.90 Å². The van der Waals surface area contributed by atoms with E-state index < -0.39 is 6.09 Å². The molecule has 1 N–H and O–H groups in total. The lowest BCUT2D eigenvalue weighted by Gasteiger charge is -2.11. The van der Waals surface area contributed by atoms with Gasteiger partial charge in [-0.1, -0.05) is 54.6 Å². The van der Waals surface area contributed by atoms with Crippen molar-refractivity contribution in [2.24, 2.45) is 0 Å². The Kier molecular flexibility index (Phi) is 3.40. The summed E-state index contributed by atoms with van der Waals surface area (Å²) in [4.78, 5) is 10.4. The fourth-order valence-corrected chi connectivity index (χ4v) is 1.74. The minimum absolute atomic E-state index is 0.257. The normalized spacial score (nSPS) is 9.88. The zero-order valence-electron chi connectivity index (χ0n) is 9.22. The molecular weight excluding hydrogens is 214 g/mol. The average Bonchev–Trinajstić information content (AvgIpc) is 2.38. The lowest BCUT2D eigenvalue weighted by atomic mass is 10.00. The van der Waals surface area contributed by atoms with Crippen LogP contribution in [0, 0.1) is 0 Å². The average molecular weight is 226 g/mol. The first-order valence-electron chi connectivity index (χ1n) is 5.35. The van der Waals surface area contributed by atoms with Crippen LogP contribution in [0.4, 0.5) is 4.79 Å². The van der Waals surface area contributed by atoms with Gasteiger partial charge < -0.3 is 15.2 Å². The summed E-state index contributed by atoms with van der Waals surface area (Å²) in [6.07, 6.45) is -1.26. The monoisotopic (exact) mass is 226 g/mol. The van der Waals surface area contributed by atoms with Crippen LogP contribution in [0.1, 0.15) is 5.56 Å². The van der Waals surface area contributed by atoms with Crippen molar-refractivity contribution in [1.29, 1.82) is 0 Å². The van der Waals surface area contributed by atoms with Gasteiger partial charge in [0.05, 0.1) is 0 Å². The summed E-state index contributed by atoms with van der Waals surface area (Å²) in [6, 6.07) is 17.6. The predicted octanol–water partition coefficient (Wildman–Crippen LogP) is 1.79. The van der Waals surface area contributed by atoms with Gasteiger partial charge >= 0.3 is 0 Å². The van der Waals surface area contributed by atoms with Crippen LogP contribution in [0.15, 0.2) is 54.6 Å². The molecule has 2 rings (SSSR count). The molecule has 86 valence electrons. The molecule has 0 fully saturated rings. The van der Waals surface area contributed by atoms with Crippen molar-refractivity contribution in [2.45, 2.75) is 6.54 Å². The highest BCUT2D eigenvalue weighted by molar-refractivity contribution is 5.68. The van der Waals surface area contributed by atoms with Crippen molar-refractivity contribution in [2.75, 3.05) is 0 Å². The number of carbonyl (C=O) groups is 1. The second kappa shape index (κ2) is 5.16. The minimum Gasteiger partial charge on any atom is -0.530 e. The minimum atomic E-state index is -1.26.